The van der Waals surface area contributed by atoms with E-state index in [-0.39, 0.29) is 6.61 Å². The molecule has 3 heteroatoms. The van der Waals surface area contributed by atoms with Crippen LogP contribution in [0.3, 0.4) is 0 Å². The Morgan fingerprint density at radius 3 is 2.38 bits per heavy atom. The molecule has 0 unspecified atom stereocenters. The van der Waals surface area contributed by atoms with Crippen molar-refractivity contribution in [3.63, 3.8) is 0 Å². The summed E-state index contributed by atoms with van der Waals surface area (Å²) >= 11 is 3.60. The summed E-state index contributed by atoms with van der Waals surface area (Å²) in [7, 11) is 0. The van der Waals surface area contributed by atoms with E-state index < -0.39 is 0 Å². The van der Waals surface area contributed by atoms with E-state index in [1.54, 1.807) is 0 Å². The predicted molar refractivity (Wildman–Crippen MR) is 70.7 cm³/mol. The van der Waals surface area contributed by atoms with Crippen LogP contribution in [0.15, 0.2) is 22.7 Å². The van der Waals surface area contributed by atoms with Crippen LogP contribution < -0.4 is 4.90 Å². The molecule has 88 valence electrons. The highest BCUT2D eigenvalue weighted by molar-refractivity contribution is 9.10. The summed E-state index contributed by atoms with van der Waals surface area (Å²) in [6.45, 7) is 2.41. The Labute approximate surface area is 105 Å². The molecule has 0 saturated carbocycles. The van der Waals surface area contributed by atoms with Gasteiger partial charge in [-0.05, 0) is 46.5 Å². The second-order valence-corrected chi connectivity index (χ2v) is 5.20. The van der Waals surface area contributed by atoms with Crippen molar-refractivity contribution in [2.45, 2.75) is 32.3 Å². The van der Waals surface area contributed by atoms with Crippen molar-refractivity contribution in [3.8, 4) is 0 Å². The average molecular weight is 284 g/mol. The number of hydrogen-bond acceptors (Lipinski definition) is 2. The summed E-state index contributed by atoms with van der Waals surface area (Å²) in [6.07, 6.45) is 5.27. The van der Waals surface area contributed by atoms with Crippen molar-refractivity contribution in [3.05, 3.63) is 28.2 Å². The van der Waals surface area contributed by atoms with Gasteiger partial charge in [-0.15, -0.1) is 0 Å². The molecule has 0 aliphatic carbocycles. The summed E-state index contributed by atoms with van der Waals surface area (Å²) in [4.78, 5) is 2.44. The van der Waals surface area contributed by atoms with Gasteiger partial charge in [-0.25, -0.2) is 0 Å². The third-order valence-electron chi connectivity index (χ3n) is 3.14. The van der Waals surface area contributed by atoms with Crippen LogP contribution in [0, 0.1) is 0 Å². The van der Waals surface area contributed by atoms with Gasteiger partial charge in [0.25, 0.3) is 0 Å². The van der Waals surface area contributed by atoms with Crippen molar-refractivity contribution >= 4 is 21.6 Å². The first-order valence-corrected chi connectivity index (χ1v) is 6.75. The fraction of sp³-hybridized carbons (Fsp3) is 0.538. The maximum atomic E-state index is 9.07. The van der Waals surface area contributed by atoms with E-state index in [1.807, 2.05) is 12.1 Å². The van der Waals surface area contributed by atoms with Crippen LogP contribution in [-0.2, 0) is 6.61 Å². The normalized spacial score (nSPS) is 17.2. The molecular formula is C13H18BrNO. The van der Waals surface area contributed by atoms with Crippen LogP contribution in [0.5, 0.6) is 0 Å². The van der Waals surface area contributed by atoms with Gasteiger partial charge in [-0.1, -0.05) is 18.9 Å². The van der Waals surface area contributed by atoms with Crippen LogP contribution in [0.1, 0.15) is 31.2 Å². The van der Waals surface area contributed by atoms with E-state index in [2.05, 4.69) is 26.9 Å². The molecule has 0 radical (unpaired) electrons. The van der Waals surface area contributed by atoms with Crippen molar-refractivity contribution in [2.24, 2.45) is 0 Å². The maximum Gasteiger partial charge on any atom is 0.0682 e. The Balaban J connectivity index is 2.18. The number of nitrogens with zero attached hydrogens (tertiary/aromatic N) is 1. The van der Waals surface area contributed by atoms with Crippen molar-refractivity contribution in [1.82, 2.24) is 0 Å². The molecule has 1 aliphatic heterocycles. The van der Waals surface area contributed by atoms with E-state index in [9.17, 15) is 0 Å². The molecule has 16 heavy (non-hydrogen) atoms. The quantitative estimate of drug-likeness (QED) is 0.900. The molecule has 0 amide bonds. The molecule has 1 N–H and O–H groups in total. The number of benzene rings is 1. The van der Waals surface area contributed by atoms with E-state index in [0.29, 0.717) is 0 Å². The minimum absolute atomic E-state index is 0.110. The van der Waals surface area contributed by atoms with Gasteiger partial charge in [-0.2, -0.15) is 0 Å². The minimum Gasteiger partial charge on any atom is -0.392 e. The molecule has 1 saturated heterocycles. The van der Waals surface area contributed by atoms with Crippen LogP contribution in [0.2, 0.25) is 0 Å². The number of aliphatic hydroxyl groups is 1. The lowest BCUT2D eigenvalue weighted by Crippen LogP contribution is -2.24. The summed E-state index contributed by atoms with van der Waals surface area (Å²) in [5, 5.41) is 9.07. The number of rotatable bonds is 2. The van der Waals surface area contributed by atoms with Crippen molar-refractivity contribution < 1.29 is 5.11 Å². The predicted octanol–water partition coefficient (Wildman–Crippen LogP) is 3.32. The zero-order valence-corrected chi connectivity index (χ0v) is 11.0. The molecule has 0 aromatic heterocycles. The Morgan fingerprint density at radius 1 is 1.12 bits per heavy atom. The largest absolute Gasteiger partial charge is 0.392 e. The lowest BCUT2D eigenvalue weighted by molar-refractivity contribution is 0.282. The highest BCUT2D eigenvalue weighted by Gasteiger charge is 2.12. The summed E-state index contributed by atoms with van der Waals surface area (Å²) in [5.41, 5.74) is 2.23. The third kappa shape index (κ3) is 2.77. The molecule has 1 aromatic carbocycles. The molecule has 0 atom stereocenters. The Hall–Kier alpha value is -0.540. The number of halogens is 1. The van der Waals surface area contributed by atoms with E-state index in [1.165, 1.54) is 31.4 Å². The SMILES string of the molecule is OCc1ccc(N2CCCCCC2)c(Br)c1. The molecule has 2 rings (SSSR count). The van der Waals surface area contributed by atoms with E-state index >= 15 is 0 Å². The number of aliphatic hydroxyl groups excluding tert-OH is 1. The molecule has 1 heterocycles. The molecule has 0 spiro atoms. The number of hydrogen-bond donors (Lipinski definition) is 1. The Morgan fingerprint density at radius 2 is 1.81 bits per heavy atom. The summed E-state index contributed by atoms with van der Waals surface area (Å²) in [6, 6.07) is 6.13. The van der Waals surface area contributed by atoms with Gasteiger partial charge in [0.2, 0.25) is 0 Å². The molecule has 0 bridgehead atoms. The lowest BCUT2D eigenvalue weighted by Gasteiger charge is -2.24. The maximum absolute atomic E-state index is 9.07. The van der Waals surface area contributed by atoms with Crippen molar-refractivity contribution in [1.29, 1.82) is 0 Å². The first-order chi connectivity index (χ1) is 7.81. The van der Waals surface area contributed by atoms with Gasteiger partial charge in [0.05, 0.1) is 12.3 Å². The molecule has 2 nitrogen and oxygen atoms in total. The monoisotopic (exact) mass is 283 g/mol. The number of anilines is 1. The van der Waals surface area contributed by atoms with Gasteiger partial charge in [0.15, 0.2) is 0 Å². The molecular weight excluding hydrogens is 266 g/mol. The lowest BCUT2D eigenvalue weighted by atomic mass is 10.2. The first-order valence-electron chi connectivity index (χ1n) is 5.95. The van der Waals surface area contributed by atoms with Crippen LogP contribution in [0.4, 0.5) is 5.69 Å². The van der Waals surface area contributed by atoms with Gasteiger partial charge in [0, 0.05) is 17.6 Å². The second-order valence-electron chi connectivity index (χ2n) is 4.35. The molecule has 1 fully saturated rings. The highest BCUT2D eigenvalue weighted by Crippen LogP contribution is 2.29. The highest BCUT2D eigenvalue weighted by atomic mass is 79.9. The zero-order chi connectivity index (χ0) is 11.4. The van der Waals surface area contributed by atoms with Crippen molar-refractivity contribution in [2.75, 3.05) is 18.0 Å². The Kier molecular flexibility index (Phi) is 4.24. The average Bonchev–Trinajstić information content (AvgIpc) is 2.57. The van der Waals surface area contributed by atoms with Gasteiger partial charge in [-0.3, -0.25) is 0 Å². The second kappa shape index (κ2) is 5.69. The molecule has 1 aromatic rings. The first kappa shape index (κ1) is 11.9. The Bertz CT molecular complexity index is 346. The van der Waals surface area contributed by atoms with Gasteiger partial charge >= 0.3 is 0 Å². The van der Waals surface area contributed by atoms with Gasteiger partial charge in [0.1, 0.15) is 0 Å². The fourth-order valence-electron chi connectivity index (χ4n) is 2.22. The molecule has 1 aliphatic rings. The van der Waals surface area contributed by atoms with Crippen LogP contribution >= 0.6 is 15.9 Å². The summed E-state index contributed by atoms with van der Waals surface area (Å²) in [5.74, 6) is 0. The van der Waals surface area contributed by atoms with E-state index in [4.69, 9.17) is 5.11 Å². The topological polar surface area (TPSA) is 23.5 Å². The fourth-order valence-corrected chi connectivity index (χ4v) is 2.89. The smallest absolute Gasteiger partial charge is 0.0682 e. The standard InChI is InChI=1S/C13H18BrNO/c14-12-9-11(10-16)5-6-13(12)15-7-3-1-2-4-8-15/h5-6,9,16H,1-4,7-8,10H2. The van der Waals surface area contributed by atoms with Crippen LogP contribution in [0.25, 0.3) is 0 Å². The minimum atomic E-state index is 0.110. The van der Waals surface area contributed by atoms with E-state index in [0.717, 1.165) is 23.1 Å². The third-order valence-corrected chi connectivity index (χ3v) is 3.78. The van der Waals surface area contributed by atoms with Gasteiger partial charge < -0.3 is 10.0 Å². The summed E-state index contributed by atoms with van der Waals surface area (Å²) < 4.78 is 1.10. The van der Waals surface area contributed by atoms with Crippen LogP contribution in [-0.4, -0.2) is 18.2 Å². The zero-order valence-electron chi connectivity index (χ0n) is 9.45.